The van der Waals surface area contributed by atoms with Gasteiger partial charge in [-0.15, -0.1) is 0 Å². The fourth-order valence-electron chi connectivity index (χ4n) is 3.74. The van der Waals surface area contributed by atoms with Crippen molar-refractivity contribution in [1.82, 2.24) is 5.32 Å². The highest BCUT2D eigenvalue weighted by atomic mass is 19.1. The highest BCUT2D eigenvalue weighted by molar-refractivity contribution is 5.97. The van der Waals surface area contributed by atoms with E-state index in [-0.39, 0.29) is 28.9 Å². The number of nitrogens with one attached hydrogen (secondary N) is 1. The number of aliphatic hydroxyl groups excluding tert-OH is 3. The van der Waals surface area contributed by atoms with Crippen molar-refractivity contribution in [1.29, 1.82) is 0 Å². The smallest absolute Gasteiger partial charge is 0.247 e. The van der Waals surface area contributed by atoms with E-state index in [1.165, 1.54) is 25.1 Å². The summed E-state index contributed by atoms with van der Waals surface area (Å²) < 4.78 is 30.8. The van der Waals surface area contributed by atoms with Crippen LogP contribution >= 0.6 is 0 Å². The second kappa shape index (κ2) is 9.91. The van der Waals surface area contributed by atoms with Gasteiger partial charge in [-0.3, -0.25) is 4.79 Å². The van der Waals surface area contributed by atoms with E-state index in [2.05, 4.69) is 39.9 Å². The maximum absolute atomic E-state index is 14.6. The third kappa shape index (κ3) is 5.44. The molecular weight excluding hydrogens is 445 g/mol. The molecule has 1 aromatic rings. The summed E-state index contributed by atoms with van der Waals surface area (Å²) in [7, 11) is 0. The van der Waals surface area contributed by atoms with Gasteiger partial charge in [-0.1, -0.05) is 40.7 Å². The van der Waals surface area contributed by atoms with E-state index in [9.17, 15) is 24.5 Å². The maximum Gasteiger partial charge on any atom is 0.247 e. The molecule has 1 aliphatic carbocycles. The number of rotatable bonds is 6. The summed E-state index contributed by atoms with van der Waals surface area (Å²) in [5, 5.41) is 33.6. The molecule has 1 aliphatic heterocycles. The molecule has 2 aliphatic rings. The zero-order chi connectivity index (χ0) is 25.4. The number of benzene rings is 1. The van der Waals surface area contributed by atoms with Gasteiger partial charge in [0.05, 0.1) is 12.6 Å². The predicted molar refractivity (Wildman–Crippen MR) is 123 cm³/mol. The van der Waals surface area contributed by atoms with Crippen LogP contribution in [0.1, 0.15) is 47.1 Å². The van der Waals surface area contributed by atoms with Gasteiger partial charge in [0.1, 0.15) is 37.3 Å². The minimum Gasteiger partial charge on any atom is -0.490 e. The number of hydrogen-bond acceptors (Lipinski definition) is 7. The molecular formula is C25H36FNO7. The van der Waals surface area contributed by atoms with Gasteiger partial charge in [-0.25, -0.2) is 4.39 Å². The van der Waals surface area contributed by atoms with Crippen molar-refractivity contribution in [3.05, 3.63) is 35.2 Å². The highest BCUT2D eigenvalue weighted by Gasteiger charge is 2.53. The Bertz CT molecular complexity index is 926. The Hall–Kier alpha value is -2.04. The lowest BCUT2D eigenvalue weighted by Crippen LogP contribution is -2.67. The van der Waals surface area contributed by atoms with Crippen molar-refractivity contribution < 1.29 is 38.7 Å². The van der Waals surface area contributed by atoms with Crippen LogP contribution in [0.5, 0.6) is 5.75 Å². The second-order valence-corrected chi connectivity index (χ2v) is 10.8. The molecule has 34 heavy (non-hydrogen) atoms. The van der Waals surface area contributed by atoms with Crippen LogP contribution in [0.15, 0.2) is 23.8 Å². The van der Waals surface area contributed by atoms with Gasteiger partial charge < -0.3 is 34.8 Å². The molecule has 2 fully saturated rings. The average molecular weight is 482 g/mol. The third-order valence-electron chi connectivity index (χ3n) is 7.22. The summed E-state index contributed by atoms with van der Waals surface area (Å²) >= 11 is 0. The van der Waals surface area contributed by atoms with E-state index < -0.39 is 48.3 Å². The highest BCUT2D eigenvalue weighted by Crippen LogP contribution is 2.38. The Morgan fingerprint density at radius 2 is 1.74 bits per heavy atom. The first-order chi connectivity index (χ1) is 15.7. The minimum absolute atomic E-state index is 0.0238. The molecule has 0 radical (unpaired) electrons. The van der Waals surface area contributed by atoms with E-state index >= 15 is 0 Å². The summed E-state index contributed by atoms with van der Waals surface area (Å²) in [5.74, 6) is -0.995. The third-order valence-corrected chi connectivity index (χ3v) is 7.22. The van der Waals surface area contributed by atoms with Crippen LogP contribution in [0.25, 0.3) is 6.08 Å². The number of carbonyl (C=O) groups excluding carboxylic acids is 1. The standard InChI is InChI=1S/C25H36FNO7/c1-13(23(31)27-17-18(28)20(30)22-21(19(17)29)33-12-34-22)9-14-7-8-16(15(26)10-14)32-11-25(5,6)24(2,3)4/h7-10,17-22,28-30H,11-12H2,1-6H3,(H,27,31)/b13-9+/t17?,18-,19+,20+,21-,22+/m0/s1. The quantitative estimate of drug-likeness (QED) is 0.459. The fraction of sp³-hybridized carbons (Fsp3) is 0.640. The van der Waals surface area contributed by atoms with E-state index in [1.54, 1.807) is 6.07 Å². The predicted octanol–water partition coefficient (Wildman–Crippen LogP) is 2.00. The molecule has 0 aromatic heterocycles. The van der Waals surface area contributed by atoms with Crippen molar-refractivity contribution in [3.63, 3.8) is 0 Å². The number of amides is 1. The van der Waals surface area contributed by atoms with Crippen LogP contribution in [0.2, 0.25) is 0 Å². The molecule has 1 aromatic carbocycles. The molecule has 6 atom stereocenters. The van der Waals surface area contributed by atoms with Crippen molar-refractivity contribution in [2.24, 2.45) is 10.8 Å². The molecule has 0 bridgehead atoms. The van der Waals surface area contributed by atoms with E-state index in [0.29, 0.717) is 12.2 Å². The summed E-state index contributed by atoms with van der Waals surface area (Å²) in [6.45, 7) is 12.2. The molecule has 1 saturated heterocycles. The lowest BCUT2D eigenvalue weighted by Gasteiger charge is -2.41. The molecule has 3 rings (SSSR count). The van der Waals surface area contributed by atoms with Crippen LogP contribution in [0.4, 0.5) is 4.39 Å². The number of hydrogen-bond donors (Lipinski definition) is 4. The number of carbonyl (C=O) groups is 1. The molecule has 1 heterocycles. The van der Waals surface area contributed by atoms with Crippen molar-refractivity contribution >= 4 is 12.0 Å². The average Bonchev–Trinajstić information content (AvgIpc) is 3.24. The Morgan fingerprint density at radius 1 is 1.12 bits per heavy atom. The molecule has 0 spiro atoms. The monoisotopic (exact) mass is 481 g/mol. The molecule has 9 heteroatoms. The molecule has 1 amide bonds. The SMILES string of the molecule is C/C(=C\c1ccc(OCC(C)(C)C(C)(C)C)c(F)c1)C(=O)NC1[C@@H](O)[C@@H]2OCO[C@@H]2[C@H](O)[C@H]1O. The summed E-state index contributed by atoms with van der Waals surface area (Å²) in [4.78, 5) is 12.7. The van der Waals surface area contributed by atoms with Crippen LogP contribution < -0.4 is 10.1 Å². The molecule has 1 saturated carbocycles. The van der Waals surface area contributed by atoms with Crippen LogP contribution in [0.3, 0.4) is 0 Å². The second-order valence-electron chi connectivity index (χ2n) is 10.8. The van der Waals surface area contributed by atoms with Gasteiger partial charge in [-0.2, -0.15) is 0 Å². The Labute approximate surface area is 199 Å². The van der Waals surface area contributed by atoms with Crippen molar-refractivity contribution in [3.8, 4) is 5.75 Å². The molecule has 8 nitrogen and oxygen atoms in total. The molecule has 1 unspecified atom stereocenters. The van der Waals surface area contributed by atoms with Crippen LogP contribution in [0, 0.1) is 16.6 Å². The van der Waals surface area contributed by atoms with Gasteiger partial charge in [-0.05, 0) is 36.1 Å². The Morgan fingerprint density at radius 3 is 2.32 bits per heavy atom. The van der Waals surface area contributed by atoms with E-state index in [1.807, 2.05) is 0 Å². The maximum atomic E-state index is 14.6. The lowest BCUT2D eigenvalue weighted by molar-refractivity contribution is -0.155. The zero-order valence-electron chi connectivity index (χ0n) is 20.5. The van der Waals surface area contributed by atoms with Crippen LogP contribution in [-0.4, -0.2) is 71.2 Å². The summed E-state index contributed by atoms with van der Waals surface area (Å²) in [6, 6.07) is 3.28. The molecule has 4 N–H and O–H groups in total. The number of ether oxygens (including phenoxy) is 3. The van der Waals surface area contributed by atoms with Gasteiger partial charge >= 0.3 is 0 Å². The fourth-order valence-corrected chi connectivity index (χ4v) is 3.74. The first kappa shape index (κ1) is 26.6. The summed E-state index contributed by atoms with van der Waals surface area (Å²) in [5.41, 5.74) is 0.472. The first-order valence-corrected chi connectivity index (χ1v) is 11.4. The number of aliphatic hydroxyl groups is 3. The van der Waals surface area contributed by atoms with Crippen LogP contribution in [-0.2, 0) is 14.3 Å². The normalized spacial score (nSPS) is 30.1. The largest absolute Gasteiger partial charge is 0.490 e. The van der Waals surface area contributed by atoms with Gasteiger partial charge in [0.25, 0.3) is 0 Å². The van der Waals surface area contributed by atoms with Gasteiger partial charge in [0.2, 0.25) is 5.91 Å². The van der Waals surface area contributed by atoms with Gasteiger partial charge in [0, 0.05) is 11.0 Å². The first-order valence-electron chi connectivity index (χ1n) is 11.4. The minimum atomic E-state index is -1.44. The Kier molecular flexibility index (Phi) is 7.74. The topological polar surface area (TPSA) is 117 Å². The van der Waals surface area contributed by atoms with Crippen molar-refractivity contribution in [2.45, 2.75) is 78.1 Å². The number of halogens is 1. The van der Waals surface area contributed by atoms with E-state index in [4.69, 9.17) is 14.2 Å². The number of fused-ring (bicyclic) bond motifs is 1. The molecule has 190 valence electrons. The van der Waals surface area contributed by atoms with Crippen molar-refractivity contribution in [2.75, 3.05) is 13.4 Å². The Balaban J connectivity index is 1.66. The lowest BCUT2D eigenvalue weighted by atomic mass is 9.70. The zero-order valence-corrected chi connectivity index (χ0v) is 20.5. The summed E-state index contributed by atoms with van der Waals surface area (Å²) in [6.07, 6.45) is -4.28. The van der Waals surface area contributed by atoms with E-state index in [0.717, 1.165) is 0 Å². The van der Waals surface area contributed by atoms with Gasteiger partial charge in [0.15, 0.2) is 11.6 Å².